The van der Waals surface area contributed by atoms with E-state index in [0.29, 0.717) is 0 Å². The number of unbranched alkanes of at least 4 members (excludes halogenated alkanes) is 6. The van der Waals surface area contributed by atoms with E-state index in [4.69, 9.17) is 0 Å². The number of nitrogens with zero attached hydrogens (tertiary/aromatic N) is 1. The Hall–Kier alpha value is -0.120. The molecule has 0 atom stereocenters. The van der Waals surface area contributed by atoms with Gasteiger partial charge in [-0.25, -0.2) is 0 Å². The Bertz CT molecular complexity index is 149. The van der Waals surface area contributed by atoms with E-state index < -0.39 is 0 Å². The van der Waals surface area contributed by atoms with Gasteiger partial charge < -0.3 is 15.5 Å². The van der Waals surface area contributed by atoms with E-state index in [1.807, 2.05) is 7.05 Å². The molecule has 0 radical (unpaired) electrons. The fourth-order valence-corrected chi connectivity index (χ4v) is 2.06. The Morgan fingerprint density at radius 2 is 1.17 bits per heavy atom. The van der Waals surface area contributed by atoms with Crippen molar-refractivity contribution in [2.24, 2.45) is 0 Å². The van der Waals surface area contributed by atoms with Gasteiger partial charge in [-0.1, -0.05) is 25.7 Å². The number of nitrogens with one attached hydrogen (secondary N) is 2. The number of rotatable bonds is 14. The predicted octanol–water partition coefficient (Wildman–Crippen LogP) is 2.48. The summed E-state index contributed by atoms with van der Waals surface area (Å²) in [5, 5.41) is 6.74. The fourth-order valence-electron chi connectivity index (χ4n) is 2.06. The van der Waals surface area contributed by atoms with Crippen molar-refractivity contribution < 1.29 is 0 Å². The Labute approximate surface area is 115 Å². The molecule has 0 unspecified atom stereocenters. The van der Waals surface area contributed by atoms with Crippen LogP contribution < -0.4 is 10.6 Å². The summed E-state index contributed by atoms with van der Waals surface area (Å²) in [6.07, 6.45) is 10.8. The van der Waals surface area contributed by atoms with Gasteiger partial charge in [-0.15, -0.1) is 0 Å². The first-order valence-electron chi connectivity index (χ1n) is 7.77. The molecule has 0 aliphatic carbocycles. The highest BCUT2D eigenvalue weighted by molar-refractivity contribution is 4.52. The molecule has 0 aromatic carbocycles. The summed E-state index contributed by atoms with van der Waals surface area (Å²) in [5.41, 5.74) is 0. The van der Waals surface area contributed by atoms with Crippen LogP contribution >= 0.6 is 0 Å². The average molecular weight is 257 g/mol. The lowest BCUT2D eigenvalue weighted by atomic mass is 10.2. The molecular weight excluding hydrogens is 222 g/mol. The molecule has 0 fully saturated rings. The van der Waals surface area contributed by atoms with Crippen LogP contribution in [0.4, 0.5) is 0 Å². The molecule has 0 aliphatic heterocycles. The molecule has 3 nitrogen and oxygen atoms in total. The first-order chi connectivity index (χ1) is 8.77. The summed E-state index contributed by atoms with van der Waals surface area (Å²) in [6, 6.07) is 0. The summed E-state index contributed by atoms with van der Waals surface area (Å²) < 4.78 is 0. The van der Waals surface area contributed by atoms with Gasteiger partial charge in [0.1, 0.15) is 0 Å². The zero-order valence-corrected chi connectivity index (χ0v) is 12.9. The third-order valence-corrected chi connectivity index (χ3v) is 3.24. The van der Waals surface area contributed by atoms with E-state index in [0.717, 1.165) is 0 Å². The minimum Gasteiger partial charge on any atom is -0.320 e. The van der Waals surface area contributed by atoms with E-state index in [1.54, 1.807) is 0 Å². The lowest BCUT2D eigenvalue weighted by Gasteiger charge is -2.08. The second-order valence-electron chi connectivity index (χ2n) is 5.49. The second-order valence-corrected chi connectivity index (χ2v) is 5.49. The maximum atomic E-state index is 3.55. The molecule has 110 valence electrons. The molecule has 0 aliphatic rings. The van der Waals surface area contributed by atoms with Gasteiger partial charge in [0.15, 0.2) is 0 Å². The third-order valence-electron chi connectivity index (χ3n) is 3.24. The highest BCUT2D eigenvalue weighted by Crippen LogP contribution is 2.00. The first-order valence-corrected chi connectivity index (χ1v) is 7.77. The van der Waals surface area contributed by atoms with Crippen LogP contribution in [-0.4, -0.2) is 52.2 Å². The van der Waals surface area contributed by atoms with E-state index in [2.05, 4.69) is 29.6 Å². The van der Waals surface area contributed by atoms with Crippen LogP contribution in [0.5, 0.6) is 0 Å². The molecule has 3 heteroatoms. The zero-order chi connectivity index (χ0) is 13.5. The minimum atomic E-state index is 1.17. The molecule has 0 saturated heterocycles. The van der Waals surface area contributed by atoms with E-state index >= 15 is 0 Å². The summed E-state index contributed by atoms with van der Waals surface area (Å²) >= 11 is 0. The van der Waals surface area contributed by atoms with Gasteiger partial charge in [-0.05, 0) is 73.0 Å². The van der Waals surface area contributed by atoms with Crippen molar-refractivity contribution in [3.05, 3.63) is 0 Å². The molecule has 0 saturated carbocycles. The maximum Gasteiger partial charge on any atom is -0.00248 e. The Balaban J connectivity index is 2.90. The van der Waals surface area contributed by atoms with Gasteiger partial charge in [0.25, 0.3) is 0 Å². The fraction of sp³-hybridized carbons (Fsp3) is 1.00. The van der Waals surface area contributed by atoms with Crippen LogP contribution in [0.1, 0.15) is 51.4 Å². The smallest absolute Gasteiger partial charge is 0.00248 e. The van der Waals surface area contributed by atoms with E-state index in [1.165, 1.54) is 77.5 Å². The van der Waals surface area contributed by atoms with Crippen molar-refractivity contribution in [2.75, 3.05) is 47.3 Å². The normalized spacial score (nSPS) is 11.3. The average Bonchev–Trinajstić information content (AvgIpc) is 2.34. The van der Waals surface area contributed by atoms with Crippen molar-refractivity contribution in [3.8, 4) is 0 Å². The van der Waals surface area contributed by atoms with Crippen LogP contribution in [0.3, 0.4) is 0 Å². The Morgan fingerprint density at radius 1 is 0.667 bits per heavy atom. The highest BCUT2D eigenvalue weighted by atomic mass is 15.0. The highest BCUT2D eigenvalue weighted by Gasteiger charge is 1.93. The molecule has 0 bridgehead atoms. The summed E-state index contributed by atoms with van der Waals surface area (Å²) in [6.45, 7) is 4.82. The third kappa shape index (κ3) is 15.9. The summed E-state index contributed by atoms with van der Waals surface area (Å²) in [5.74, 6) is 0. The van der Waals surface area contributed by atoms with Crippen LogP contribution in [0, 0.1) is 0 Å². The van der Waals surface area contributed by atoms with Gasteiger partial charge in [-0.2, -0.15) is 0 Å². The summed E-state index contributed by atoms with van der Waals surface area (Å²) in [7, 11) is 6.33. The van der Waals surface area contributed by atoms with Gasteiger partial charge >= 0.3 is 0 Å². The van der Waals surface area contributed by atoms with Crippen molar-refractivity contribution in [3.63, 3.8) is 0 Å². The second kappa shape index (κ2) is 14.9. The quantitative estimate of drug-likeness (QED) is 0.468. The molecule has 0 rings (SSSR count). The molecule has 0 aromatic heterocycles. The van der Waals surface area contributed by atoms with Gasteiger partial charge in [0.05, 0.1) is 0 Å². The summed E-state index contributed by atoms with van der Waals surface area (Å²) in [4.78, 5) is 2.27. The van der Waals surface area contributed by atoms with Gasteiger partial charge in [0, 0.05) is 0 Å². The van der Waals surface area contributed by atoms with Crippen LogP contribution in [-0.2, 0) is 0 Å². The van der Waals surface area contributed by atoms with Crippen molar-refractivity contribution in [1.82, 2.24) is 15.5 Å². The van der Waals surface area contributed by atoms with Crippen molar-refractivity contribution in [1.29, 1.82) is 0 Å². The van der Waals surface area contributed by atoms with Crippen LogP contribution in [0.15, 0.2) is 0 Å². The predicted molar refractivity (Wildman–Crippen MR) is 82.3 cm³/mol. The Kier molecular flexibility index (Phi) is 14.8. The molecule has 2 N–H and O–H groups in total. The minimum absolute atomic E-state index is 1.17. The van der Waals surface area contributed by atoms with Crippen LogP contribution in [0.2, 0.25) is 0 Å². The van der Waals surface area contributed by atoms with E-state index in [-0.39, 0.29) is 0 Å². The Morgan fingerprint density at radius 3 is 1.67 bits per heavy atom. The zero-order valence-electron chi connectivity index (χ0n) is 12.9. The molecule has 0 amide bonds. The van der Waals surface area contributed by atoms with Crippen molar-refractivity contribution in [2.45, 2.75) is 51.4 Å². The van der Waals surface area contributed by atoms with Crippen molar-refractivity contribution >= 4 is 0 Å². The topological polar surface area (TPSA) is 27.3 Å². The molecular formula is C15H35N3. The molecule has 0 heterocycles. The first kappa shape index (κ1) is 17.9. The lowest BCUT2D eigenvalue weighted by molar-refractivity contribution is 0.389. The molecule has 0 spiro atoms. The lowest BCUT2D eigenvalue weighted by Crippen LogP contribution is -2.17. The molecule has 18 heavy (non-hydrogen) atoms. The van der Waals surface area contributed by atoms with E-state index in [9.17, 15) is 0 Å². The SMILES string of the molecule is CNCCCCCCNCCCCCCN(C)C. The van der Waals surface area contributed by atoms with Gasteiger partial charge in [-0.3, -0.25) is 0 Å². The maximum absolute atomic E-state index is 3.55. The van der Waals surface area contributed by atoms with Crippen LogP contribution in [0.25, 0.3) is 0 Å². The number of hydrogen-bond acceptors (Lipinski definition) is 3. The monoisotopic (exact) mass is 257 g/mol. The largest absolute Gasteiger partial charge is 0.320 e. The molecule has 0 aromatic rings. The standard InChI is InChI=1S/C15H35N3/c1-16-12-8-4-5-9-13-17-14-10-6-7-11-15-18(2)3/h16-17H,4-15H2,1-3H3. The number of hydrogen-bond donors (Lipinski definition) is 2. The van der Waals surface area contributed by atoms with Gasteiger partial charge in [0.2, 0.25) is 0 Å².